The Bertz CT molecular complexity index is 482. The Morgan fingerprint density at radius 2 is 2.19 bits per heavy atom. The summed E-state index contributed by atoms with van der Waals surface area (Å²) in [6.45, 7) is 7.11. The first-order valence-corrected chi connectivity index (χ1v) is 6.99. The molecule has 1 fully saturated rings. The molecule has 1 amide bonds. The number of morpholine rings is 1. The molecule has 5 nitrogen and oxygen atoms in total. The average molecular weight is 314 g/mol. The molecule has 21 heavy (non-hydrogen) atoms. The van der Waals surface area contributed by atoms with Gasteiger partial charge < -0.3 is 15.8 Å². The van der Waals surface area contributed by atoms with Crippen LogP contribution in [0.15, 0.2) is 18.2 Å². The minimum atomic E-state index is 0. The van der Waals surface area contributed by atoms with Crippen LogP contribution in [0.3, 0.4) is 0 Å². The van der Waals surface area contributed by atoms with Crippen LogP contribution in [0, 0.1) is 13.8 Å². The molecule has 1 aliphatic rings. The van der Waals surface area contributed by atoms with Gasteiger partial charge in [0.15, 0.2) is 0 Å². The average Bonchev–Trinajstić information content (AvgIpc) is 2.43. The number of nitrogens with one attached hydrogen (secondary N) is 1. The number of nitrogens with two attached hydrogens (primary N) is 1. The molecule has 1 aromatic carbocycles. The molecule has 0 bridgehead atoms. The molecule has 1 aromatic rings. The second-order valence-corrected chi connectivity index (χ2v) is 5.31. The maximum atomic E-state index is 12.0. The molecule has 3 N–H and O–H groups in total. The Morgan fingerprint density at radius 3 is 2.86 bits per heavy atom. The highest BCUT2D eigenvalue weighted by molar-refractivity contribution is 5.92. The van der Waals surface area contributed by atoms with Crippen molar-refractivity contribution >= 4 is 24.0 Å². The Balaban J connectivity index is 0.00000220. The van der Waals surface area contributed by atoms with Crippen molar-refractivity contribution in [3.05, 3.63) is 29.3 Å². The SMILES string of the molecule is Cc1ccc(NC(=O)CN2CCOC(CN)C2)cc1C.Cl. The number of anilines is 1. The van der Waals surface area contributed by atoms with E-state index < -0.39 is 0 Å². The lowest BCUT2D eigenvalue weighted by atomic mass is 10.1. The van der Waals surface area contributed by atoms with Gasteiger partial charge in [0.1, 0.15) is 0 Å². The topological polar surface area (TPSA) is 67.6 Å². The van der Waals surface area contributed by atoms with E-state index in [0.717, 1.165) is 18.8 Å². The minimum absolute atomic E-state index is 0. The number of rotatable bonds is 4. The van der Waals surface area contributed by atoms with Gasteiger partial charge in [0.2, 0.25) is 5.91 Å². The van der Waals surface area contributed by atoms with Crippen LogP contribution in [-0.2, 0) is 9.53 Å². The second kappa shape index (κ2) is 8.34. The molecule has 118 valence electrons. The van der Waals surface area contributed by atoms with Crippen molar-refractivity contribution in [1.29, 1.82) is 0 Å². The maximum absolute atomic E-state index is 12.0. The van der Waals surface area contributed by atoms with Crippen LogP contribution in [-0.4, -0.2) is 49.7 Å². The molecule has 1 aliphatic heterocycles. The lowest BCUT2D eigenvalue weighted by molar-refractivity contribution is -0.119. The molecule has 6 heteroatoms. The van der Waals surface area contributed by atoms with Gasteiger partial charge in [-0.15, -0.1) is 12.4 Å². The number of nitrogens with zero attached hydrogens (tertiary/aromatic N) is 1. The van der Waals surface area contributed by atoms with Crippen LogP contribution < -0.4 is 11.1 Å². The zero-order valence-electron chi connectivity index (χ0n) is 12.6. The van der Waals surface area contributed by atoms with E-state index in [4.69, 9.17) is 10.5 Å². The van der Waals surface area contributed by atoms with Crippen molar-refractivity contribution in [3.63, 3.8) is 0 Å². The van der Waals surface area contributed by atoms with Crippen LogP contribution >= 0.6 is 12.4 Å². The standard InChI is InChI=1S/C15H23N3O2.ClH/c1-11-3-4-13(7-12(11)2)17-15(19)10-18-5-6-20-14(8-16)9-18;/h3-4,7,14H,5-6,8-10,16H2,1-2H3,(H,17,19);1H. The van der Waals surface area contributed by atoms with E-state index in [1.54, 1.807) is 0 Å². The lowest BCUT2D eigenvalue weighted by Crippen LogP contribution is -2.48. The summed E-state index contributed by atoms with van der Waals surface area (Å²) in [6.07, 6.45) is 0.0400. The van der Waals surface area contributed by atoms with E-state index in [-0.39, 0.29) is 24.4 Å². The van der Waals surface area contributed by atoms with E-state index >= 15 is 0 Å². The van der Waals surface area contributed by atoms with Gasteiger partial charge in [0.05, 0.1) is 19.3 Å². The molecule has 1 heterocycles. The predicted octanol–water partition coefficient (Wildman–Crippen LogP) is 1.32. The summed E-state index contributed by atoms with van der Waals surface area (Å²) in [5.41, 5.74) is 8.85. The monoisotopic (exact) mass is 313 g/mol. The number of hydrogen-bond donors (Lipinski definition) is 2. The summed E-state index contributed by atoms with van der Waals surface area (Å²) in [5, 5.41) is 2.94. The van der Waals surface area contributed by atoms with E-state index in [1.807, 2.05) is 25.1 Å². The van der Waals surface area contributed by atoms with E-state index in [1.165, 1.54) is 11.1 Å². The van der Waals surface area contributed by atoms with Gasteiger partial charge >= 0.3 is 0 Å². The Morgan fingerprint density at radius 1 is 1.43 bits per heavy atom. The highest BCUT2D eigenvalue weighted by atomic mass is 35.5. The number of ether oxygens (including phenoxy) is 1. The molecule has 1 atom stereocenters. The van der Waals surface area contributed by atoms with Crippen molar-refractivity contribution < 1.29 is 9.53 Å². The quantitative estimate of drug-likeness (QED) is 0.880. The van der Waals surface area contributed by atoms with Crippen LogP contribution in [0.4, 0.5) is 5.69 Å². The van der Waals surface area contributed by atoms with Crippen molar-refractivity contribution in [1.82, 2.24) is 4.90 Å². The molecule has 0 aliphatic carbocycles. The molecular formula is C15H24ClN3O2. The van der Waals surface area contributed by atoms with Crippen molar-refractivity contribution in [2.45, 2.75) is 20.0 Å². The molecule has 2 rings (SSSR count). The molecular weight excluding hydrogens is 290 g/mol. The molecule has 1 unspecified atom stereocenters. The number of carbonyl (C=O) groups excluding carboxylic acids is 1. The van der Waals surface area contributed by atoms with Crippen LogP contribution in [0.2, 0.25) is 0 Å². The van der Waals surface area contributed by atoms with Crippen molar-refractivity contribution in [2.75, 3.05) is 38.1 Å². The van der Waals surface area contributed by atoms with E-state index in [0.29, 0.717) is 19.7 Å². The number of carbonyl (C=O) groups is 1. The summed E-state index contributed by atoms with van der Waals surface area (Å²) in [5.74, 6) is 0.00549. The largest absolute Gasteiger partial charge is 0.374 e. The smallest absolute Gasteiger partial charge is 0.238 e. The summed E-state index contributed by atoms with van der Waals surface area (Å²) in [7, 11) is 0. The predicted molar refractivity (Wildman–Crippen MR) is 87.0 cm³/mol. The summed E-state index contributed by atoms with van der Waals surface area (Å²) >= 11 is 0. The van der Waals surface area contributed by atoms with Crippen LogP contribution in [0.5, 0.6) is 0 Å². The number of aryl methyl sites for hydroxylation is 2. The molecule has 1 saturated heterocycles. The highest BCUT2D eigenvalue weighted by Crippen LogP contribution is 2.14. The van der Waals surface area contributed by atoms with Gasteiger partial charge in [-0.1, -0.05) is 6.07 Å². The van der Waals surface area contributed by atoms with E-state index in [9.17, 15) is 4.79 Å². The first-order valence-electron chi connectivity index (χ1n) is 6.99. The zero-order valence-corrected chi connectivity index (χ0v) is 13.4. The number of halogens is 1. The zero-order chi connectivity index (χ0) is 14.5. The number of amides is 1. The second-order valence-electron chi connectivity index (χ2n) is 5.31. The summed E-state index contributed by atoms with van der Waals surface area (Å²) in [6, 6.07) is 5.95. The summed E-state index contributed by atoms with van der Waals surface area (Å²) in [4.78, 5) is 14.1. The van der Waals surface area contributed by atoms with E-state index in [2.05, 4.69) is 17.1 Å². The van der Waals surface area contributed by atoms with Gasteiger partial charge in [0, 0.05) is 25.3 Å². The third-order valence-corrected chi connectivity index (χ3v) is 3.64. The molecule has 0 aromatic heterocycles. The number of benzene rings is 1. The van der Waals surface area contributed by atoms with Gasteiger partial charge in [-0.25, -0.2) is 0 Å². The minimum Gasteiger partial charge on any atom is -0.374 e. The Labute approximate surface area is 132 Å². The van der Waals surface area contributed by atoms with Crippen LogP contribution in [0.1, 0.15) is 11.1 Å². The first-order chi connectivity index (χ1) is 9.58. The van der Waals surface area contributed by atoms with Gasteiger partial charge in [-0.2, -0.15) is 0 Å². The fourth-order valence-corrected chi connectivity index (χ4v) is 2.29. The van der Waals surface area contributed by atoms with Crippen molar-refractivity contribution in [2.24, 2.45) is 5.73 Å². The third-order valence-electron chi connectivity index (χ3n) is 3.64. The van der Waals surface area contributed by atoms with Gasteiger partial charge in [0.25, 0.3) is 0 Å². The fraction of sp³-hybridized carbons (Fsp3) is 0.533. The Kier molecular flexibility index (Phi) is 7.11. The van der Waals surface area contributed by atoms with Crippen molar-refractivity contribution in [3.8, 4) is 0 Å². The van der Waals surface area contributed by atoms with Gasteiger partial charge in [-0.3, -0.25) is 9.69 Å². The number of hydrogen-bond acceptors (Lipinski definition) is 4. The third kappa shape index (κ3) is 5.28. The fourth-order valence-electron chi connectivity index (χ4n) is 2.29. The first kappa shape index (κ1) is 17.9. The Hall–Kier alpha value is -1.14. The molecule has 0 spiro atoms. The molecule has 0 radical (unpaired) electrons. The maximum Gasteiger partial charge on any atom is 0.238 e. The lowest BCUT2D eigenvalue weighted by Gasteiger charge is -2.31. The summed E-state index contributed by atoms with van der Waals surface area (Å²) < 4.78 is 5.49. The van der Waals surface area contributed by atoms with Crippen LogP contribution in [0.25, 0.3) is 0 Å². The highest BCUT2D eigenvalue weighted by Gasteiger charge is 2.20. The normalized spacial score (nSPS) is 18.9. The molecule has 0 saturated carbocycles. The van der Waals surface area contributed by atoms with Gasteiger partial charge in [-0.05, 0) is 37.1 Å².